The van der Waals surface area contributed by atoms with Crippen molar-refractivity contribution < 1.29 is 9.59 Å². The average molecular weight is 629 g/mol. The first-order valence-corrected chi connectivity index (χ1v) is 18.0. The number of amides is 2. The minimum atomic E-state index is -0.460. The number of nitrogens with one attached hydrogen (secondary N) is 2. The molecule has 0 spiro atoms. The van der Waals surface area contributed by atoms with Crippen molar-refractivity contribution >= 4 is 34.2 Å². The average Bonchev–Trinajstić information content (AvgIpc) is 2.97. The number of hydrazine groups is 1. The Morgan fingerprint density at radius 1 is 0.867 bits per heavy atom. The standard InChI is InChI=1S/C40H53ClN2O2/c1-23-13-16-40(35(45)43-42-25(3)44)18-17-38(7)30(34(40)24(23)2)11-12-33-37(6)22-28-19-27-20-29(41)10-9-26(27)21-31(28)36(4,5)32(37)14-15-39(33,38)8/h9-11,19-21,23-24,32-34H,12-18,22H2,1-8H3,(H,42,44)(H,43,45)/t23-,24+,32?,33?,34?,37+,38-,39-,40+/m1/s1. The highest BCUT2D eigenvalue weighted by Crippen LogP contribution is 2.75. The van der Waals surface area contributed by atoms with E-state index in [0.717, 1.165) is 43.5 Å². The van der Waals surface area contributed by atoms with E-state index in [1.807, 2.05) is 6.07 Å². The van der Waals surface area contributed by atoms with E-state index in [0.29, 0.717) is 23.7 Å². The molecule has 0 aliphatic heterocycles. The Bertz CT molecular complexity index is 1630. The lowest BCUT2D eigenvalue weighted by Gasteiger charge is -2.71. The van der Waals surface area contributed by atoms with Crippen molar-refractivity contribution in [2.24, 2.45) is 51.2 Å². The number of rotatable bonds is 1. The zero-order chi connectivity index (χ0) is 32.3. The number of carbonyl (C=O) groups excluding carboxylic acids is 2. The van der Waals surface area contributed by atoms with Crippen LogP contribution in [0.5, 0.6) is 0 Å². The predicted octanol–water partition coefficient (Wildman–Crippen LogP) is 9.33. The summed E-state index contributed by atoms with van der Waals surface area (Å²) in [6.45, 7) is 19.1. The monoisotopic (exact) mass is 628 g/mol. The van der Waals surface area contributed by atoms with Crippen LogP contribution < -0.4 is 10.9 Å². The Labute approximate surface area is 275 Å². The van der Waals surface area contributed by atoms with Crippen LogP contribution in [0, 0.1) is 51.2 Å². The summed E-state index contributed by atoms with van der Waals surface area (Å²) in [5.41, 5.74) is 10.1. The van der Waals surface area contributed by atoms with Crippen molar-refractivity contribution in [3.05, 3.63) is 58.1 Å². The highest BCUT2D eigenvalue weighted by molar-refractivity contribution is 6.31. The molecule has 0 heterocycles. The van der Waals surface area contributed by atoms with Gasteiger partial charge in [-0.25, -0.2) is 0 Å². The van der Waals surface area contributed by atoms with E-state index >= 15 is 0 Å². The first-order valence-electron chi connectivity index (χ1n) is 17.6. The molecular formula is C40H53ClN2O2. The molecule has 5 aliphatic carbocycles. The van der Waals surface area contributed by atoms with Gasteiger partial charge in [-0.05, 0) is 137 Å². The summed E-state index contributed by atoms with van der Waals surface area (Å²) in [6.07, 6.45) is 11.2. The fraction of sp³-hybridized carbons (Fsp3) is 0.650. The number of fused-ring (bicyclic) bond motifs is 9. The van der Waals surface area contributed by atoms with E-state index < -0.39 is 5.41 Å². The second kappa shape index (κ2) is 10.1. The van der Waals surface area contributed by atoms with Crippen molar-refractivity contribution in [3.8, 4) is 0 Å². The Morgan fingerprint density at radius 3 is 2.36 bits per heavy atom. The highest BCUT2D eigenvalue weighted by Gasteiger charge is 2.69. The Morgan fingerprint density at radius 2 is 1.62 bits per heavy atom. The molecule has 3 saturated carbocycles. The van der Waals surface area contributed by atoms with Crippen LogP contribution in [-0.2, 0) is 21.4 Å². The molecule has 2 N–H and O–H groups in total. The number of halogens is 1. The van der Waals surface area contributed by atoms with E-state index in [-0.39, 0.29) is 39.4 Å². The zero-order valence-electron chi connectivity index (χ0n) is 28.7. The van der Waals surface area contributed by atoms with E-state index in [4.69, 9.17) is 11.6 Å². The SMILES string of the molecule is CC(=O)NNC(=O)[C@]12CC[C@@H](C)[C@H](C)C1C1=CCC3[C@@]4(C)Cc5cc6cc(Cl)ccc6cc5C(C)(C)C4CC[C@@]3(C)[C@]1(C)CC2. The molecule has 2 amide bonds. The molecule has 5 heteroatoms. The van der Waals surface area contributed by atoms with Crippen LogP contribution in [0.25, 0.3) is 10.8 Å². The summed E-state index contributed by atoms with van der Waals surface area (Å²) in [5.74, 6) is 2.16. The van der Waals surface area contributed by atoms with Crippen LogP contribution in [-0.4, -0.2) is 11.8 Å². The molecule has 4 nitrogen and oxygen atoms in total. The van der Waals surface area contributed by atoms with Gasteiger partial charge in [0.1, 0.15) is 0 Å². The third kappa shape index (κ3) is 4.15. The smallest absolute Gasteiger partial charge is 0.245 e. The van der Waals surface area contributed by atoms with E-state index in [9.17, 15) is 9.59 Å². The van der Waals surface area contributed by atoms with Crippen LogP contribution >= 0.6 is 11.6 Å². The summed E-state index contributed by atoms with van der Waals surface area (Å²) in [7, 11) is 0. The van der Waals surface area contributed by atoms with Crippen LogP contribution in [0.1, 0.15) is 111 Å². The number of carbonyl (C=O) groups is 2. The predicted molar refractivity (Wildman–Crippen MR) is 184 cm³/mol. The van der Waals surface area contributed by atoms with Crippen LogP contribution in [0.2, 0.25) is 5.02 Å². The van der Waals surface area contributed by atoms with Gasteiger partial charge in [-0.15, -0.1) is 0 Å². The molecule has 0 aromatic heterocycles. The molecule has 2 aromatic carbocycles. The third-order valence-electron chi connectivity index (χ3n) is 15.2. The minimum absolute atomic E-state index is 0.0188. The van der Waals surface area contributed by atoms with Gasteiger partial charge >= 0.3 is 0 Å². The normalized spacial score (nSPS) is 41.4. The van der Waals surface area contributed by atoms with Gasteiger partial charge in [0.05, 0.1) is 5.41 Å². The van der Waals surface area contributed by atoms with Gasteiger partial charge < -0.3 is 0 Å². The fourth-order valence-electron chi connectivity index (χ4n) is 12.6. The highest BCUT2D eigenvalue weighted by atomic mass is 35.5. The first kappa shape index (κ1) is 31.3. The number of hydrogen-bond acceptors (Lipinski definition) is 2. The van der Waals surface area contributed by atoms with Gasteiger partial charge in [0, 0.05) is 11.9 Å². The third-order valence-corrected chi connectivity index (χ3v) is 15.5. The summed E-state index contributed by atoms with van der Waals surface area (Å²) >= 11 is 6.46. The van der Waals surface area contributed by atoms with Gasteiger partial charge in [-0.3, -0.25) is 20.4 Å². The Hall–Kier alpha value is -2.33. The molecule has 2 aromatic rings. The molecule has 7 rings (SSSR count). The first-order chi connectivity index (χ1) is 21.1. The van der Waals surface area contributed by atoms with Gasteiger partial charge in [0.2, 0.25) is 11.8 Å². The fourth-order valence-corrected chi connectivity index (χ4v) is 12.8. The summed E-state index contributed by atoms with van der Waals surface area (Å²) in [6, 6.07) is 11.2. The van der Waals surface area contributed by atoms with Crippen LogP contribution in [0.3, 0.4) is 0 Å². The number of benzene rings is 2. The molecule has 3 fully saturated rings. The molecule has 0 radical (unpaired) electrons. The second-order valence-electron chi connectivity index (χ2n) is 17.3. The van der Waals surface area contributed by atoms with Gasteiger partial charge in [0.15, 0.2) is 0 Å². The topological polar surface area (TPSA) is 58.2 Å². The lowest BCUT2D eigenvalue weighted by molar-refractivity contribution is -0.170. The van der Waals surface area contributed by atoms with Crippen molar-refractivity contribution in [3.63, 3.8) is 0 Å². The van der Waals surface area contributed by atoms with E-state index in [2.05, 4.69) is 89.7 Å². The number of hydrogen-bond donors (Lipinski definition) is 2. The van der Waals surface area contributed by atoms with Crippen LogP contribution in [0.15, 0.2) is 42.0 Å². The van der Waals surface area contributed by atoms with E-state index in [1.54, 1.807) is 5.57 Å². The Kier molecular flexibility index (Phi) is 7.01. The zero-order valence-corrected chi connectivity index (χ0v) is 29.5. The molecule has 242 valence electrons. The maximum atomic E-state index is 14.0. The molecule has 45 heavy (non-hydrogen) atoms. The largest absolute Gasteiger partial charge is 0.274 e. The molecular weight excluding hydrogens is 576 g/mol. The van der Waals surface area contributed by atoms with Crippen molar-refractivity contribution in [1.82, 2.24) is 10.9 Å². The molecule has 0 bridgehead atoms. The Balaban J connectivity index is 1.32. The number of allylic oxidation sites excluding steroid dienone is 2. The maximum Gasteiger partial charge on any atom is 0.245 e. The molecule has 3 unspecified atom stereocenters. The lowest BCUT2D eigenvalue weighted by Crippen LogP contribution is -2.66. The molecule has 0 saturated heterocycles. The lowest BCUT2D eigenvalue weighted by atomic mass is 9.33. The molecule has 5 aliphatic rings. The van der Waals surface area contributed by atoms with Crippen LogP contribution in [0.4, 0.5) is 0 Å². The quantitative estimate of drug-likeness (QED) is 0.244. The van der Waals surface area contributed by atoms with Crippen molar-refractivity contribution in [1.29, 1.82) is 0 Å². The van der Waals surface area contributed by atoms with Crippen molar-refractivity contribution in [2.45, 2.75) is 112 Å². The van der Waals surface area contributed by atoms with Gasteiger partial charge in [0.25, 0.3) is 0 Å². The van der Waals surface area contributed by atoms with Gasteiger partial charge in [-0.1, -0.05) is 89.9 Å². The summed E-state index contributed by atoms with van der Waals surface area (Å²) in [5, 5.41) is 3.34. The van der Waals surface area contributed by atoms with Gasteiger partial charge in [-0.2, -0.15) is 0 Å². The molecule has 9 atom stereocenters. The summed E-state index contributed by atoms with van der Waals surface area (Å²) < 4.78 is 0. The van der Waals surface area contributed by atoms with Crippen molar-refractivity contribution in [2.75, 3.05) is 0 Å². The van der Waals surface area contributed by atoms with E-state index in [1.165, 1.54) is 41.7 Å². The summed E-state index contributed by atoms with van der Waals surface area (Å²) in [4.78, 5) is 25.8. The maximum absolute atomic E-state index is 14.0. The second-order valence-corrected chi connectivity index (χ2v) is 17.8. The minimum Gasteiger partial charge on any atom is -0.274 e.